The molecule has 1 saturated heterocycles. The van der Waals surface area contributed by atoms with Gasteiger partial charge in [-0.05, 0) is 97.7 Å². The minimum Gasteiger partial charge on any atom is -0.481 e. The molecule has 230 valence electrons. The molecular weight excluding hydrogens is 520 g/mol. The molecule has 0 aromatic heterocycles. The van der Waals surface area contributed by atoms with Crippen LogP contribution in [0.25, 0.3) is 0 Å². The summed E-state index contributed by atoms with van der Waals surface area (Å²) in [6.45, 7) is 6.08. The summed E-state index contributed by atoms with van der Waals surface area (Å²) in [6.07, 6.45) is -1.75. The molecule has 10 heteroatoms. The number of aliphatic hydroxyl groups is 6. The van der Waals surface area contributed by atoms with Crippen LogP contribution < -0.4 is 0 Å². The van der Waals surface area contributed by atoms with E-state index in [0.29, 0.717) is 32.1 Å². The fraction of sp³-hybridized carbons (Fsp3) is 0.967. The average Bonchev–Trinajstić information content (AvgIpc) is 3.27. The first-order chi connectivity index (χ1) is 18.8. The Kier molecular flexibility index (Phi) is 8.67. The number of ether oxygens (including phenoxy) is 2. The van der Waals surface area contributed by atoms with Gasteiger partial charge in [-0.2, -0.15) is 0 Å². The Bertz CT molecular complexity index is 915. The molecule has 0 aromatic carbocycles. The summed E-state index contributed by atoms with van der Waals surface area (Å²) in [5.41, 5.74) is -0.429. The molecule has 4 aliphatic carbocycles. The van der Waals surface area contributed by atoms with Crippen molar-refractivity contribution in [3.05, 3.63) is 0 Å². The van der Waals surface area contributed by atoms with Crippen molar-refractivity contribution in [2.45, 2.75) is 128 Å². The number of aliphatic carboxylic acids is 1. The van der Waals surface area contributed by atoms with Gasteiger partial charge in [0, 0.05) is 6.42 Å². The first-order valence-corrected chi connectivity index (χ1v) is 15.4. The normalized spacial score (nSPS) is 53.3. The molecule has 5 aliphatic rings. The molecule has 10 nitrogen and oxygen atoms in total. The highest BCUT2D eigenvalue weighted by molar-refractivity contribution is 5.66. The van der Waals surface area contributed by atoms with E-state index in [2.05, 4.69) is 20.8 Å². The van der Waals surface area contributed by atoms with Gasteiger partial charge in [0.15, 0.2) is 6.29 Å². The smallest absolute Gasteiger partial charge is 0.303 e. The monoisotopic (exact) mass is 570 g/mol. The average molecular weight is 571 g/mol. The van der Waals surface area contributed by atoms with Gasteiger partial charge in [-0.15, -0.1) is 0 Å². The molecule has 40 heavy (non-hydrogen) atoms. The standard InChI is InChI=1S/C30H50O10/c1-14(4-7-23(34)35)17-5-6-18-24-19(12-22(33)30(17,18)3)29(2)9-8-16(10-15(29)11-20(24)32)39-28-27(38)26(37)25(36)21(13-31)40-28/h14-22,24-28,31-33,36-38H,4-13H2,1-3H3,(H,34,35)/t14-,15+,16-,17-,18+,19+,20-,21-,22+,24+,25-,26+,27-,28-,29+,30-/m1/s1. The van der Waals surface area contributed by atoms with Crippen molar-refractivity contribution < 1.29 is 50.0 Å². The van der Waals surface area contributed by atoms with E-state index in [1.165, 1.54) is 0 Å². The number of aliphatic hydroxyl groups excluding tert-OH is 6. The Morgan fingerprint density at radius 2 is 1.70 bits per heavy atom. The summed E-state index contributed by atoms with van der Waals surface area (Å²) in [6, 6.07) is 0. The summed E-state index contributed by atoms with van der Waals surface area (Å²) < 4.78 is 11.7. The minimum absolute atomic E-state index is 0.0888. The van der Waals surface area contributed by atoms with Gasteiger partial charge in [0.05, 0.1) is 24.9 Å². The van der Waals surface area contributed by atoms with Crippen LogP contribution in [0.4, 0.5) is 0 Å². The lowest BCUT2D eigenvalue weighted by molar-refractivity contribution is -0.317. The molecule has 16 atom stereocenters. The van der Waals surface area contributed by atoms with E-state index in [-0.39, 0.29) is 58.9 Å². The van der Waals surface area contributed by atoms with Crippen LogP contribution in [0, 0.1) is 46.3 Å². The number of hydrogen-bond acceptors (Lipinski definition) is 9. The number of carbonyl (C=O) groups is 1. The van der Waals surface area contributed by atoms with Gasteiger partial charge in [0.25, 0.3) is 0 Å². The van der Waals surface area contributed by atoms with Gasteiger partial charge in [-0.1, -0.05) is 20.8 Å². The van der Waals surface area contributed by atoms with Crippen molar-refractivity contribution in [2.75, 3.05) is 6.61 Å². The summed E-state index contributed by atoms with van der Waals surface area (Å²) in [5, 5.41) is 72.8. The largest absolute Gasteiger partial charge is 0.481 e. The number of carboxylic acid groups (broad SMARTS) is 1. The number of hydrogen-bond donors (Lipinski definition) is 7. The maximum absolute atomic E-state index is 11.7. The lowest BCUT2D eigenvalue weighted by Gasteiger charge is -2.63. The van der Waals surface area contributed by atoms with E-state index in [4.69, 9.17) is 9.47 Å². The molecule has 0 aromatic rings. The van der Waals surface area contributed by atoms with Gasteiger partial charge in [0.2, 0.25) is 0 Å². The second-order valence-electron chi connectivity index (χ2n) is 14.2. The molecule has 0 radical (unpaired) electrons. The Morgan fingerprint density at radius 3 is 2.38 bits per heavy atom. The molecule has 5 fully saturated rings. The van der Waals surface area contributed by atoms with E-state index in [1.54, 1.807) is 0 Å². The van der Waals surface area contributed by atoms with Crippen LogP contribution in [0.1, 0.15) is 78.6 Å². The van der Waals surface area contributed by atoms with Crippen molar-refractivity contribution in [1.82, 2.24) is 0 Å². The molecule has 0 amide bonds. The fourth-order valence-electron chi connectivity index (χ4n) is 10.2. The van der Waals surface area contributed by atoms with Crippen molar-refractivity contribution in [3.63, 3.8) is 0 Å². The third kappa shape index (κ3) is 4.94. The Labute approximate surface area is 236 Å². The number of carboxylic acids is 1. The lowest BCUT2D eigenvalue weighted by Crippen LogP contribution is -2.63. The molecule has 1 aliphatic heterocycles. The molecule has 7 N–H and O–H groups in total. The van der Waals surface area contributed by atoms with Crippen LogP contribution in [0.3, 0.4) is 0 Å². The van der Waals surface area contributed by atoms with Crippen molar-refractivity contribution in [1.29, 1.82) is 0 Å². The highest BCUT2D eigenvalue weighted by Gasteiger charge is 2.66. The number of fused-ring (bicyclic) bond motifs is 5. The van der Waals surface area contributed by atoms with Crippen LogP contribution in [0.15, 0.2) is 0 Å². The highest BCUT2D eigenvalue weighted by Crippen LogP contribution is 2.68. The summed E-state index contributed by atoms with van der Waals surface area (Å²) in [7, 11) is 0. The second-order valence-corrected chi connectivity index (χ2v) is 14.2. The van der Waals surface area contributed by atoms with E-state index < -0.39 is 55.5 Å². The topological polar surface area (TPSA) is 177 Å². The quantitative estimate of drug-likeness (QED) is 0.221. The predicted octanol–water partition coefficient (Wildman–Crippen LogP) is 1.27. The summed E-state index contributed by atoms with van der Waals surface area (Å²) in [4.78, 5) is 11.2. The van der Waals surface area contributed by atoms with Gasteiger partial charge >= 0.3 is 5.97 Å². The van der Waals surface area contributed by atoms with E-state index in [1.807, 2.05) is 0 Å². The van der Waals surface area contributed by atoms with Crippen LogP contribution in [0.2, 0.25) is 0 Å². The van der Waals surface area contributed by atoms with Crippen molar-refractivity contribution in [3.8, 4) is 0 Å². The zero-order chi connectivity index (χ0) is 29.1. The van der Waals surface area contributed by atoms with E-state index in [9.17, 15) is 40.5 Å². The fourth-order valence-corrected chi connectivity index (χ4v) is 10.2. The highest BCUT2D eigenvalue weighted by atomic mass is 16.7. The second kappa shape index (κ2) is 11.3. The zero-order valence-corrected chi connectivity index (χ0v) is 24.0. The van der Waals surface area contributed by atoms with Gasteiger partial charge in [-0.25, -0.2) is 0 Å². The maximum Gasteiger partial charge on any atom is 0.303 e. The van der Waals surface area contributed by atoms with Gasteiger partial charge in [0.1, 0.15) is 24.4 Å². The van der Waals surface area contributed by atoms with Crippen LogP contribution >= 0.6 is 0 Å². The van der Waals surface area contributed by atoms with Crippen LogP contribution in [-0.4, -0.2) is 97.3 Å². The molecular formula is C30H50O10. The van der Waals surface area contributed by atoms with E-state index in [0.717, 1.165) is 19.3 Å². The first kappa shape index (κ1) is 30.6. The third-order valence-corrected chi connectivity index (χ3v) is 12.5. The van der Waals surface area contributed by atoms with Crippen molar-refractivity contribution in [2.24, 2.45) is 46.3 Å². The summed E-state index contributed by atoms with van der Waals surface area (Å²) >= 11 is 0. The molecule has 5 rings (SSSR count). The molecule has 0 spiro atoms. The molecule has 0 bridgehead atoms. The van der Waals surface area contributed by atoms with Crippen molar-refractivity contribution >= 4 is 5.97 Å². The molecule has 0 unspecified atom stereocenters. The Hall–Kier alpha value is -0.850. The van der Waals surface area contributed by atoms with Gasteiger partial charge < -0.3 is 45.2 Å². The van der Waals surface area contributed by atoms with E-state index >= 15 is 0 Å². The minimum atomic E-state index is -1.48. The molecule has 1 heterocycles. The summed E-state index contributed by atoms with van der Waals surface area (Å²) in [5.74, 6) is 0.225. The first-order valence-electron chi connectivity index (χ1n) is 15.4. The Morgan fingerprint density at radius 1 is 0.975 bits per heavy atom. The van der Waals surface area contributed by atoms with Crippen LogP contribution in [-0.2, 0) is 14.3 Å². The van der Waals surface area contributed by atoms with Gasteiger partial charge in [-0.3, -0.25) is 4.79 Å². The Balaban J connectivity index is 1.29. The van der Waals surface area contributed by atoms with Crippen LogP contribution in [0.5, 0.6) is 0 Å². The molecule has 4 saturated carbocycles. The SMILES string of the molecule is C[C@H](CCC(=O)O)[C@H]1CC[C@H]2[C@@H]3[C@H](O)C[C@@H]4C[C@H](O[C@@H]5O[C@H](CO)[C@@H](O)[C@H](O)[C@H]5O)CC[C@]4(C)[C@H]3C[C@H](O)[C@]12C. The predicted molar refractivity (Wildman–Crippen MR) is 143 cm³/mol. The maximum atomic E-state index is 11.7. The lowest BCUT2D eigenvalue weighted by atomic mass is 9.43. The zero-order valence-electron chi connectivity index (χ0n) is 24.0. The number of rotatable bonds is 7. The third-order valence-electron chi connectivity index (χ3n) is 12.5.